The summed E-state index contributed by atoms with van der Waals surface area (Å²) in [5.41, 5.74) is 1.87. The zero-order chi connectivity index (χ0) is 17.8. The number of aryl methyl sites for hydroxylation is 1. The Labute approximate surface area is 161 Å². The number of hydrogen-bond donors (Lipinski definition) is 1. The third-order valence-corrected chi connectivity index (χ3v) is 4.80. The van der Waals surface area contributed by atoms with Crippen LogP contribution in [-0.2, 0) is 4.79 Å². The van der Waals surface area contributed by atoms with Gasteiger partial charge in [-0.15, -0.1) is 0 Å². The summed E-state index contributed by atoms with van der Waals surface area (Å²) in [6.45, 7) is 3.94. The predicted octanol–water partition coefficient (Wildman–Crippen LogP) is 5.55. The van der Waals surface area contributed by atoms with Crippen molar-refractivity contribution >= 4 is 45.0 Å². The van der Waals surface area contributed by atoms with Crippen LogP contribution in [0.5, 0.6) is 5.75 Å². The minimum Gasteiger partial charge on any atom is -0.480 e. The normalized spacial score (nSPS) is 12.0. The Kier molecular flexibility index (Phi) is 5.58. The van der Waals surface area contributed by atoms with Crippen molar-refractivity contribution in [3.8, 4) is 5.75 Å². The molecule has 0 aromatic heterocycles. The largest absolute Gasteiger partial charge is 0.480 e. The maximum atomic E-state index is 12.7. The molecule has 0 radical (unpaired) electrons. The van der Waals surface area contributed by atoms with Crippen molar-refractivity contribution in [2.24, 2.45) is 0 Å². The summed E-state index contributed by atoms with van der Waals surface area (Å²) >= 11 is 2.26. The average molecular weight is 445 g/mol. The summed E-state index contributed by atoms with van der Waals surface area (Å²) in [6.07, 6.45) is 0.0582. The first-order valence-corrected chi connectivity index (χ1v) is 9.38. The number of carbonyl (C=O) groups is 1. The zero-order valence-corrected chi connectivity index (χ0v) is 16.4. The molecular weight excluding hydrogens is 425 g/mol. The fourth-order valence-corrected chi connectivity index (χ4v) is 3.40. The molecule has 3 aromatic carbocycles. The van der Waals surface area contributed by atoms with Gasteiger partial charge in [-0.25, -0.2) is 0 Å². The van der Waals surface area contributed by atoms with E-state index >= 15 is 0 Å². The molecule has 1 amide bonds. The highest BCUT2D eigenvalue weighted by Crippen LogP contribution is 2.27. The predicted molar refractivity (Wildman–Crippen MR) is 111 cm³/mol. The number of nitrogens with one attached hydrogen (secondary N) is 1. The highest BCUT2D eigenvalue weighted by Gasteiger charge is 2.20. The van der Waals surface area contributed by atoms with Crippen LogP contribution in [0.4, 0.5) is 5.69 Å². The van der Waals surface area contributed by atoms with E-state index in [4.69, 9.17) is 4.74 Å². The topological polar surface area (TPSA) is 38.3 Å². The molecule has 0 aliphatic carbocycles. The number of benzene rings is 3. The molecule has 0 aliphatic rings. The number of hydrogen-bond acceptors (Lipinski definition) is 2. The summed E-state index contributed by atoms with van der Waals surface area (Å²) in [5.74, 6) is 0.610. The van der Waals surface area contributed by atoms with Crippen LogP contribution in [0.1, 0.15) is 18.9 Å². The third-order valence-electron chi connectivity index (χ3n) is 4.13. The van der Waals surface area contributed by atoms with Crippen molar-refractivity contribution in [1.82, 2.24) is 0 Å². The minimum absolute atomic E-state index is 0.125. The van der Waals surface area contributed by atoms with Crippen LogP contribution >= 0.6 is 22.6 Å². The van der Waals surface area contributed by atoms with E-state index in [1.807, 2.05) is 74.5 Å². The average Bonchev–Trinajstić information content (AvgIpc) is 2.62. The molecule has 0 unspecified atom stereocenters. The lowest BCUT2D eigenvalue weighted by Gasteiger charge is -2.19. The molecule has 1 N–H and O–H groups in total. The van der Waals surface area contributed by atoms with Crippen LogP contribution in [0, 0.1) is 10.5 Å². The summed E-state index contributed by atoms with van der Waals surface area (Å²) < 4.78 is 7.21. The number of ether oxygens (including phenoxy) is 1. The molecule has 0 heterocycles. The van der Waals surface area contributed by atoms with Crippen molar-refractivity contribution in [3.63, 3.8) is 0 Å². The Morgan fingerprint density at radius 1 is 1.12 bits per heavy atom. The first-order chi connectivity index (χ1) is 12.1. The van der Waals surface area contributed by atoms with Gasteiger partial charge in [0, 0.05) is 14.6 Å². The Morgan fingerprint density at radius 2 is 1.88 bits per heavy atom. The van der Waals surface area contributed by atoms with Crippen LogP contribution in [0.3, 0.4) is 0 Å². The first kappa shape index (κ1) is 17.7. The minimum atomic E-state index is -0.538. The van der Waals surface area contributed by atoms with Gasteiger partial charge in [0.2, 0.25) is 0 Å². The molecule has 0 saturated heterocycles. The number of fused-ring (bicyclic) bond motifs is 1. The molecule has 0 spiro atoms. The molecule has 4 heteroatoms. The van der Waals surface area contributed by atoms with E-state index in [1.54, 1.807) is 0 Å². The standard InChI is InChI=1S/C21H20INO2/c1-3-19(21(24)23-18-12-11-16(22)13-14(18)2)25-20-10-6-8-15-7-4-5-9-17(15)20/h4-13,19H,3H2,1-2H3,(H,23,24)/t19-/m0/s1. The van der Waals surface area contributed by atoms with Crippen molar-refractivity contribution < 1.29 is 9.53 Å². The first-order valence-electron chi connectivity index (χ1n) is 8.30. The second-order valence-corrected chi connectivity index (χ2v) is 7.19. The van der Waals surface area contributed by atoms with Gasteiger partial charge in [-0.3, -0.25) is 4.79 Å². The Balaban J connectivity index is 1.80. The maximum absolute atomic E-state index is 12.7. The summed E-state index contributed by atoms with van der Waals surface area (Å²) in [7, 11) is 0. The van der Waals surface area contributed by atoms with Crippen molar-refractivity contribution in [2.75, 3.05) is 5.32 Å². The van der Waals surface area contributed by atoms with Gasteiger partial charge in [-0.1, -0.05) is 43.3 Å². The SMILES string of the molecule is CC[C@H](Oc1cccc2ccccc12)C(=O)Nc1ccc(I)cc1C. The Hall–Kier alpha value is -2.08. The Morgan fingerprint density at radius 3 is 2.64 bits per heavy atom. The van der Waals surface area contributed by atoms with Gasteiger partial charge in [0.15, 0.2) is 6.10 Å². The lowest BCUT2D eigenvalue weighted by atomic mass is 10.1. The summed E-state index contributed by atoms with van der Waals surface area (Å²) in [6, 6.07) is 19.9. The number of rotatable bonds is 5. The van der Waals surface area contributed by atoms with Crippen LogP contribution in [0.2, 0.25) is 0 Å². The van der Waals surface area contributed by atoms with Gasteiger partial charge < -0.3 is 10.1 Å². The van der Waals surface area contributed by atoms with Gasteiger partial charge in [0.25, 0.3) is 5.91 Å². The van der Waals surface area contributed by atoms with Gasteiger partial charge in [0.05, 0.1) is 0 Å². The fraction of sp³-hybridized carbons (Fsp3) is 0.190. The number of anilines is 1. The lowest BCUT2D eigenvalue weighted by molar-refractivity contribution is -0.122. The van der Waals surface area contributed by atoms with Crippen LogP contribution in [-0.4, -0.2) is 12.0 Å². The smallest absolute Gasteiger partial charge is 0.265 e. The van der Waals surface area contributed by atoms with E-state index < -0.39 is 6.10 Å². The second-order valence-electron chi connectivity index (χ2n) is 5.94. The van der Waals surface area contributed by atoms with E-state index in [2.05, 4.69) is 27.9 Å². The van der Waals surface area contributed by atoms with Crippen LogP contribution < -0.4 is 10.1 Å². The van der Waals surface area contributed by atoms with Gasteiger partial charge in [0.1, 0.15) is 5.75 Å². The lowest BCUT2D eigenvalue weighted by Crippen LogP contribution is -2.32. The van der Waals surface area contributed by atoms with E-state index in [0.717, 1.165) is 31.3 Å². The molecule has 3 nitrogen and oxygen atoms in total. The third kappa shape index (κ3) is 4.12. The van der Waals surface area contributed by atoms with Crippen molar-refractivity contribution in [3.05, 3.63) is 69.8 Å². The van der Waals surface area contributed by atoms with E-state index in [0.29, 0.717) is 6.42 Å². The number of amides is 1. The highest BCUT2D eigenvalue weighted by molar-refractivity contribution is 14.1. The van der Waals surface area contributed by atoms with Crippen LogP contribution in [0.25, 0.3) is 10.8 Å². The quantitative estimate of drug-likeness (QED) is 0.523. The molecular formula is C21H20INO2. The second kappa shape index (κ2) is 7.87. The van der Waals surface area contributed by atoms with Gasteiger partial charge >= 0.3 is 0 Å². The molecule has 25 heavy (non-hydrogen) atoms. The van der Waals surface area contributed by atoms with E-state index in [1.165, 1.54) is 0 Å². The number of carbonyl (C=O) groups excluding carboxylic acids is 1. The van der Waals surface area contributed by atoms with Crippen molar-refractivity contribution in [2.45, 2.75) is 26.4 Å². The summed E-state index contributed by atoms with van der Waals surface area (Å²) in [4.78, 5) is 12.7. The molecule has 1 atom stereocenters. The zero-order valence-electron chi connectivity index (χ0n) is 14.3. The van der Waals surface area contributed by atoms with E-state index in [-0.39, 0.29) is 5.91 Å². The van der Waals surface area contributed by atoms with Crippen LogP contribution in [0.15, 0.2) is 60.7 Å². The number of halogens is 1. The van der Waals surface area contributed by atoms with Gasteiger partial charge in [-0.05, 0) is 71.2 Å². The molecule has 0 aliphatic heterocycles. The Bertz CT molecular complexity index is 902. The molecule has 3 rings (SSSR count). The highest BCUT2D eigenvalue weighted by atomic mass is 127. The maximum Gasteiger partial charge on any atom is 0.265 e. The molecule has 128 valence electrons. The molecule has 3 aromatic rings. The van der Waals surface area contributed by atoms with Crippen molar-refractivity contribution in [1.29, 1.82) is 0 Å². The molecule has 0 fully saturated rings. The fourth-order valence-electron chi connectivity index (χ4n) is 2.75. The van der Waals surface area contributed by atoms with Gasteiger partial charge in [-0.2, -0.15) is 0 Å². The molecule has 0 bridgehead atoms. The molecule has 0 saturated carbocycles. The summed E-state index contributed by atoms with van der Waals surface area (Å²) in [5, 5.41) is 5.11. The van der Waals surface area contributed by atoms with E-state index in [9.17, 15) is 4.79 Å². The monoisotopic (exact) mass is 445 g/mol.